The van der Waals surface area contributed by atoms with Crippen molar-refractivity contribution in [2.75, 3.05) is 24.2 Å². The summed E-state index contributed by atoms with van der Waals surface area (Å²) in [5.41, 5.74) is 1.14. The van der Waals surface area contributed by atoms with E-state index in [0.29, 0.717) is 16.3 Å². The Labute approximate surface area is 143 Å². The molecule has 0 bridgehead atoms. The highest BCUT2D eigenvalue weighted by atomic mass is 32.1. The normalized spacial score (nSPS) is 9.88. The summed E-state index contributed by atoms with van der Waals surface area (Å²) in [4.78, 5) is 35.5. The van der Waals surface area contributed by atoms with Crippen LogP contribution in [0.2, 0.25) is 0 Å². The molecule has 0 aliphatic carbocycles. The summed E-state index contributed by atoms with van der Waals surface area (Å²) in [7, 11) is 1.52. The summed E-state index contributed by atoms with van der Waals surface area (Å²) >= 11 is 1.35. The third kappa shape index (κ3) is 5.40. The fourth-order valence-corrected chi connectivity index (χ4v) is 2.52. The molecule has 0 aliphatic rings. The molecule has 7 nitrogen and oxygen atoms in total. The first-order valence-corrected chi connectivity index (χ1v) is 8.17. The van der Waals surface area contributed by atoms with Crippen LogP contribution >= 0.6 is 11.3 Å². The Bertz CT molecular complexity index is 716. The average Bonchev–Trinajstić information content (AvgIpc) is 3.09. The summed E-state index contributed by atoms with van der Waals surface area (Å²) in [6.45, 7) is 0.249. The van der Waals surface area contributed by atoms with Gasteiger partial charge in [-0.3, -0.25) is 9.59 Å². The van der Waals surface area contributed by atoms with Crippen molar-refractivity contribution in [2.24, 2.45) is 0 Å². The van der Waals surface area contributed by atoms with E-state index in [0.717, 1.165) is 0 Å². The van der Waals surface area contributed by atoms with E-state index in [4.69, 9.17) is 0 Å². The SMILES string of the molecule is CNC(=O)Nc1cccc(NC(=O)CCNC(=O)c2cccs2)c1. The second kappa shape index (κ2) is 8.68. The number of anilines is 2. The van der Waals surface area contributed by atoms with Crippen LogP contribution < -0.4 is 21.3 Å². The molecule has 0 saturated carbocycles. The zero-order chi connectivity index (χ0) is 17.4. The van der Waals surface area contributed by atoms with Crippen LogP contribution in [-0.4, -0.2) is 31.4 Å². The molecule has 2 rings (SSSR count). The van der Waals surface area contributed by atoms with Crippen molar-refractivity contribution in [3.63, 3.8) is 0 Å². The molecule has 0 unspecified atom stereocenters. The molecule has 0 radical (unpaired) electrons. The molecule has 4 N–H and O–H groups in total. The first kappa shape index (κ1) is 17.5. The Balaban J connectivity index is 1.78. The maximum Gasteiger partial charge on any atom is 0.318 e. The van der Waals surface area contributed by atoms with Gasteiger partial charge in [0.2, 0.25) is 5.91 Å². The minimum absolute atomic E-state index is 0.157. The predicted molar refractivity (Wildman–Crippen MR) is 94.4 cm³/mol. The van der Waals surface area contributed by atoms with Crippen LogP contribution in [0.15, 0.2) is 41.8 Å². The zero-order valence-corrected chi connectivity index (χ0v) is 13.9. The smallest absolute Gasteiger partial charge is 0.318 e. The van der Waals surface area contributed by atoms with Crippen LogP contribution in [0.25, 0.3) is 0 Å². The van der Waals surface area contributed by atoms with Crippen LogP contribution in [0, 0.1) is 0 Å². The number of carbonyl (C=O) groups excluding carboxylic acids is 3. The Kier molecular flexibility index (Phi) is 6.32. The van der Waals surface area contributed by atoms with Crippen molar-refractivity contribution in [3.05, 3.63) is 46.7 Å². The maximum absolute atomic E-state index is 11.9. The van der Waals surface area contributed by atoms with Crippen molar-refractivity contribution < 1.29 is 14.4 Å². The number of thiophene rings is 1. The lowest BCUT2D eigenvalue weighted by molar-refractivity contribution is -0.116. The number of urea groups is 1. The molecular formula is C16H18N4O3S. The lowest BCUT2D eigenvalue weighted by atomic mass is 10.2. The van der Waals surface area contributed by atoms with Gasteiger partial charge in [-0.15, -0.1) is 11.3 Å². The third-order valence-corrected chi connectivity index (χ3v) is 3.88. The highest BCUT2D eigenvalue weighted by Gasteiger charge is 2.08. The molecule has 126 valence electrons. The summed E-state index contributed by atoms with van der Waals surface area (Å²) in [6, 6.07) is 9.99. The number of hydrogen-bond donors (Lipinski definition) is 4. The van der Waals surface area contributed by atoms with Gasteiger partial charge in [-0.05, 0) is 29.6 Å². The summed E-state index contributed by atoms with van der Waals surface area (Å²) in [6.07, 6.45) is 0.157. The fourth-order valence-electron chi connectivity index (χ4n) is 1.88. The van der Waals surface area contributed by atoms with Crippen LogP contribution in [0.5, 0.6) is 0 Å². The number of benzene rings is 1. The molecule has 1 aromatic carbocycles. The molecule has 1 aromatic heterocycles. The first-order valence-electron chi connectivity index (χ1n) is 7.29. The molecule has 0 aliphatic heterocycles. The molecule has 2 aromatic rings. The van der Waals surface area contributed by atoms with Gasteiger partial charge < -0.3 is 21.3 Å². The molecular weight excluding hydrogens is 328 g/mol. The van der Waals surface area contributed by atoms with Gasteiger partial charge in [0.05, 0.1) is 4.88 Å². The second-order valence-electron chi connectivity index (χ2n) is 4.82. The molecule has 0 saturated heterocycles. The van der Waals surface area contributed by atoms with Crippen LogP contribution in [0.4, 0.5) is 16.2 Å². The lowest BCUT2D eigenvalue weighted by Crippen LogP contribution is -2.27. The largest absolute Gasteiger partial charge is 0.351 e. The van der Waals surface area contributed by atoms with Gasteiger partial charge in [0.15, 0.2) is 0 Å². The van der Waals surface area contributed by atoms with Gasteiger partial charge >= 0.3 is 6.03 Å². The molecule has 8 heteroatoms. The van der Waals surface area contributed by atoms with E-state index in [9.17, 15) is 14.4 Å². The number of carbonyl (C=O) groups is 3. The van der Waals surface area contributed by atoms with Crippen LogP contribution in [-0.2, 0) is 4.79 Å². The van der Waals surface area contributed by atoms with Crippen molar-refractivity contribution in [2.45, 2.75) is 6.42 Å². The van der Waals surface area contributed by atoms with Gasteiger partial charge in [0.25, 0.3) is 5.91 Å². The second-order valence-corrected chi connectivity index (χ2v) is 5.76. The number of hydrogen-bond acceptors (Lipinski definition) is 4. The summed E-state index contributed by atoms with van der Waals surface area (Å²) in [5.74, 6) is -0.409. The number of amides is 4. The topological polar surface area (TPSA) is 99.3 Å². The molecule has 24 heavy (non-hydrogen) atoms. The van der Waals surface area contributed by atoms with Gasteiger partial charge in [-0.2, -0.15) is 0 Å². The Morgan fingerprint density at radius 3 is 2.46 bits per heavy atom. The Morgan fingerprint density at radius 2 is 1.79 bits per heavy atom. The van der Waals surface area contributed by atoms with Gasteiger partial charge in [-0.25, -0.2) is 4.79 Å². The summed E-state index contributed by atoms with van der Waals surface area (Å²) in [5, 5.41) is 12.3. The minimum atomic E-state index is -0.338. The fraction of sp³-hybridized carbons (Fsp3) is 0.188. The molecule has 0 atom stereocenters. The molecule has 0 spiro atoms. The highest BCUT2D eigenvalue weighted by Crippen LogP contribution is 2.15. The van der Waals surface area contributed by atoms with Crippen molar-refractivity contribution in [1.29, 1.82) is 0 Å². The van der Waals surface area contributed by atoms with Gasteiger partial charge in [0.1, 0.15) is 0 Å². The number of rotatable bonds is 6. The van der Waals surface area contributed by atoms with Crippen LogP contribution in [0.3, 0.4) is 0 Å². The standard InChI is InChI=1S/C16H18N4O3S/c1-17-16(23)20-12-5-2-4-11(10-12)19-14(21)7-8-18-15(22)13-6-3-9-24-13/h2-6,9-10H,7-8H2,1H3,(H,18,22)(H,19,21)(H2,17,20,23). The molecule has 0 fully saturated rings. The van der Waals surface area contributed by atoms with E-state index in [1.165, 1.54) is 18.4 Å². The third-order valence-electron chi connectivity index (χ3n) is 3.01. The first-order chi connectivity index (χ1) is 11.6. The lowest BCUT2D eigenvalue weighted by Gasteiger charge is -2.09. The van der Waals surface area contributed by atoms with E-state index in [1.54, 1.807) is 36.4 Å². The van der Waals surface area contributed by atoms with Gasteiger partial charge in [0, 0.05) is 31.4 Å². The van der Waals surface area contributed by atoms with Crippen molar-refractivity contribution in [3.8, 4) is 0 Å². The number of nitrogens with one attached hydrogen (secondary N) is 4. The molecule has 1 heterocycles. The Morgan fingerprint density at radius 1 is 1.04 bits per heavy atom. The van der Waals surface area contributed by atoms with Crippen LogP contribution in [0.1, 0.15) is 16.1 Å². The molecule has 4 amide bonds. The van der Waals surface area contributed by atoms with E-state index >= 15 is 0 Å². The highest BCUT2D eigenvalue weighted by molar-refractivity contribution is 7.12. The van der Waals surface area contributed by atoms with E-state index in [2.05, 4.69) is 21.3 Å². The predicted octanol–water partition coefficient (Wildman–Crippen LogP) is 2.26. The maximum atomic E-state index is 11.9. The quantitative estimate of drug-likeness (QED) is 0.645. The minimum Gasteiger partial charge on any atom is -0.351 e. The van der Waals surface area contributed by atoms with E-state index in [-0.39, 0.29) is 30.8 Å². The average molecular weight is 346 g/mol. The van der Waals surface area contributed by atoms with E-state index in [1.807, 2.05) is 5.38 Å². The zero-order valence-electron chi connectivity index (χ0n) is 13.1. The Hall–Kier alpha value is -2.87. The summed E-state index contributed by atoms with van der Waals surface area (Å²) < 4.78 is 0. The van der Waals surface area contributed by atoms with Crippen molar-refractivity contribution in [1.82, 2.24) is 10.6 Å². The van der Waals surface area contributed by atoms with Gasteiger partial charge in [-0.1, -0.05) is 12.1 Å². The van der Waals surface area contributed by atoms with Crippen molar-refractivity contribution >= 4 is 40.6 Å². The monoisotopic (exact) mass is 346 g/mol. The van der Waals surface area contributed by atoms with E-state index < -0.39 is 0 Å².